The molecule has 0 aliphatic carbocycles. The number of hydrogen-bond acceptors (Lipinski definition) is 4. The zero-order chi connectivity index (χ0) is 22.4. The molecule has 0 atom stereocenters. The van der Waals surface area contributed by atoms with E-state index in [2.05, 4.69) is 83.4 Å². The second-order valence-corrected chi connectivity index (χ2v) is 8.37. The SMILES string of the molecule is CNc1ccc2cc3ccccc3nc2c1Cc1c(NC)ccc2cc3ccccc3nc12. The van der Waals surface area contributed by atoms with Crippen LogP contribution in [-0.4, -0.2) is 24.1 Å². The first-order valence-corrected chi connectivity index (χ1v) is 11.2. The van der Waals surface area contributed by atoms with Gasteiger partial charge in [0.2, 0.25) is 0 Å². The van der Waals surface area contributed by atoms with E-state index >= 15 is 0 Å². The molecule has 33 heavy (non-hydrogen) atoms. The molecule has 0 saturated heterocycles. The summed E-state index contributed by atoms with van der Waals surface area (Å²) in [4.78, 5) is 10.2. The fourth-order valence-electron chi connectivity index (χ4n) is 4.81. The first kappa shape index (κ1) is 19.5. The van der Waals surface area contributed by atoms with Gasteiger partial charge < -0.3 is 10.6 Å². The molecular weight excluding hydrogens is 404 g/mol. The van der Waals surface area contributed by atoms with Gasteiger partial charge in [0.25, 0.3) is 0 Å². The monoisotopic (exact) mass is 428 g/mol. The summed E-state index contributed by atoms with van der Waals surface area (Å²) in [7, 11) is 3.94. The van der Waals surface area contributed by atoms with Gasteiger partial charge in [0.1, 0.15) is 0 Å². The lowest BCUT2D eigenvalue weighted by molar-refractivity contribution is 1.20. The molecule has 0 bridgehead atoms. The van der Waals surface area contributed by atoms with Gasteiger partial charge in [0.15, 0.2) is 0 Å². The van der Waals surface area contributed by atoms with Crippen molar-refractivity contribution in [3.8, 4) is 0 Å². The Balaban J connectivity index is 1.63. The quantitative estimate of drug-likeness (QED) is 0.304. The van der Waals surface area contributed by atoms with Gasteiger partial charge in [-0.2, -0.15) is 0 Å². The molecule has 0 saturated carbocycles. The minimum Gasteiger partial charge on any atom is -0.388 e. The van der Waals surface area contributed by atoms with Crippen LogP contribution in [0.15, 0.2) is 84.9 Å². The summed E-state index contributed by atoms with van der Waals surface area (Å²) in [5.41, 5.74) is 8.61. The second kappa shape index (κ2) is 7.75. The summed E-state index contributed by atoms with van der Waals surface area (Å²) in [6, 6.07) is 29.7. The Hall–Kier alpha value is -4.18. The van der Waals surface area contributed by atoms with Gasteiger partial charge in [0, 0.05) is 64.6 Å². The Morgan fingerprint density at radius 2 is 1.00 bits per heavy atom. The Bertz CT molecular complexity index is 1540. The van der Waals surface area contributed by atoms with E-state index in [1.54, 1.807) is 0 Å². The fraction of sp³-hybridized carbons (Fsp3) is 0.103. The lowest BCUT2D eigenvalue weighted by atomic mass is 9.95. The van der Waals surface area contributed by atoms with Crippen molar-refractivity contribution in [3.05, 3.63) is 96.1 Å². The molecule has 0 spiro atoms. The number of anilines is 2. The number of pyridine rings is 2. The molecule has 6 rings (SSSR count). The van der Waals surface area contributed by atoms with Gasteiger partial charge >= 0.3 is 0 Å². The van der Waals surface area contributed by atoms with Crippen LogP contribution < -0.4 is 10.6 Å². The van der Waals surface area contributed by atoms with Crippen LogP contribution in [0.2, 0.25) is 0 Å². The van der Waals surface area contributed by atoms with Crippen LogP contribution in [-0.2, 0) is 6.42 Å². The largest absolute Gasteiger partial charge is 0.388 e. The van der Waals surface area contributed by atoms with E-state index < -0.39 is 0 Å². The first-order chi connectivity index (χ1) is 16.2. The third kappa shape index (κ3) is 3.23. The number of para-hydroxylation sites is 2. The van der Waals surface area contributed by atoms with Crippen molar-refractivity contribution < 1.29 is 0 Å². The number of aromatic nitrogens is 2. The molecule has 0 radical (unpaired) electrons. The van der Waals surface area contributed by atoms with E-state index in [0.29, 0.717) is 0 Å². The average Bonchev–Trinajstić information content (AvgIpc) is 2.86. The molecule has 2 aromatic heterocycles. The Morgan fingerprint density at radius 3 is 1.45 bits per heavy atom. The summed E-state index contributed by atoms with van der Waals surface area (Å²) in [5.74, 6) is 0. The number of nitrogens with one attached hydrogen (secondary N) is 2. The van der Waals surface area contributed by atoms with Gasteiger partial charge in [0.05, 0.1) is 22.1 Å². The summed E-state index contributed by atoms with van der Waals surface area (Å²) in [5, 5.41) is 11.4. The highest BCUT2D eigenvalue weighted by Crippen LogP contribution is 2.34. The molecule has 0 fully saturated rings. The zero-order valence-electron chi connectivity index (χ0n) is 18.7. The minimum absolute atomic E-state index is 0.720. The lowest BCUT2D eigenvalue weighted by Crippen LogP contribution is -2.04. The topological polar surface area (TPSA) is 49.8 Å². The van der Waals surface area contributed by atoms with Crippen molar-refractivity contribution in [1.82, 2.24) is 9.97 Å². The van der Waals surface area contributed by atoms with Crippen molar-refractivity contribution in [2.45, 2.75) is 6.42 Å². The van der Waals surface area contributed by atoms with Gasteiger partial charge in [-0.1, -0.05) is 48.5 Å². The van der Waals surface area contributed by atoms with Crippen molar-refractivity contribution >= 4 is 55.0 Å². The highest BCUT2D eigenvalue weighted by molar-refractivity contribution is 5.99. The molecule has 0 aliphatic rings. The number of hydrogen-bond donors (Lipinski definition) is 2. The van der Waals surface area contributed by atoms with E-state index in [1.165, 1.54) is 11.1 Å². The number of fused-ring (bicyclic) bond motifs is 4. The third-order valence-corrected chi connectivity index (χ3v) is 6.48. The van der Waals surface area contributed by atoms with Gasteiger partial charge in [-0.15, -0.1) is 0 Å². The first-order valence-electron chi connectivity index (χ1n) is 11.2. The van der Waals surface area contributed by atoms with Gasteiger partial charge in [-0.25, -0.2) is 9.97 Å². The van der Waals surface area contributed by atoms with Crippen LogP contribution in [0.3, 0.4) is 0 Å². The summed E-state index contributed by atoms with van der Waals surface area (Å²) in [6.45, 7) is 0. The molecule has 2 heterocycles. The smallest absolute Gasteiger partial charge is 0.0765 e. The second-order valence-electron chi connectivity index (χ2n) is 8.37. The average molecular weight is 429 g/mol. The highest BCUT2D eigenvalue weighted by Gasteiger charge is 2.16. The normalized spacial score (nSPS) is 11.5. The van der Waals surface area contributed by atoms with E-state index in [9.17, 15) is 0 Å². The number of benzene rings is 4. The molecule has 4 aromatic carbocycles. The lowest BCUT2D eigenvalue weighted by Gasteiger charge is -2.17. The molecule has 0 amide bonds. The molecule has 4 heteroatoms. The van der Waals surface area contributed by atoms with E-state index in [-0.39, 0.29) is 0 Å². The summed E-state index contributed by atoms with van der Waals surface area (Å²) < 4.78 is 0. The van der Waals surface area contributed by atoms with Crippen molar-refractivity contribution in [2.75, 3.05) is 24.7 Å². The van der Waals surface area contributed by atoms with Crippen LogP contribution in [0.5, 0.6) is 0 Å². The van der Waals surface area contributed by atoms with E-state index in [0.717, 1.165) is 61.4 Å². The molecular formula is C29H24N4. The molecule has 2 N–H and O–H groups in total. The van der Waals surface area contributed by atoms with Crippen molar-refractivity contribution in [1.29, 1.82) is 0 Å². The maximum Gasteiger partial charge on any atom is 0.0765 e. The standard InChI is InChI=1S/C29H24N4/c1-30-26-13-11-20-15-18-7-3-5-9-24(18)32-28(20)22(26)17-23-27(31-2)14-12-21-16-19-8-4-6-10-25(19)33-29(21)23/h3-16,30-31H,17H2,1-2H3. The maximum atomic E-state index is 5.09. The van der Waals surface area contributed by atoms with Crippen molar-refractivity contribution in [3.63, 3.8) is 0 Å². The minimum atomic E-state index is 0.720. The van der Waals surface area contributed by atoms with Crippen LogP contribution in [0.4, 0.5) is 11.4 Å². The third-order valence-electron chi connectivity index (χ3n) is 6.48. The molecule has 0 aliphatic heterocycles. The molecule has 4 nitrogen and oxygen atoms in total. The predicted molar refractivity (Wildman–Crippen MR) is 140 cm³/mol. The van der Waals surface area contributed by atoms with E-state index in [4.69, 9.17) is 9.97 Å². The Kier molecular flexibility index (Phi) is 4.58. The fourth-order valence-corrected chi connectivity index (χ4v) is 4.81. The Morgan fingerprint density at radius 1 is 0.545 bits per heavy atom. The molecule has 6 aromatic rings. The Labute approximate surface area is 192 Å². The van der Waals surface area contributed by atoms with Crippen molar-refractivity contribution in [2.24, 2.45) is 0 Å². The highest BCUT2D eigenvalue weighted by atomic mass is 14.8. The van der Waals surface area contributed by atoms with Gasteiger partial charge in [-0.05, 0) is 36.4 Å². The predicted octanol–water partition coefficient (Wildman–Crippen LogP) is 6.76. The van der Waals surface area contributed by atoms with Crippen LogP contribution in [0.25, 0.3) is 43.6 Å². The van der Waals surface area contributed by atoms with Gasteiger partial charge in [-0.3, -0.25) is 0 Å². The van der Waals surface area contributed by atoms with Crippen LogP contribution in [0.1, 0.15) is 11.1 Å². The van der Waals surface area contributed by atoms with Crippen LogP contribution in [0, 0.1) is 0 Å². The van der Waals surface area contributed by atoms with Crippen LogP contribution >= 0.6 is 0 Å². The molecule has 0 unspecified atom stereocenters. The maximum absolute atomic E-state index is 5.09. The van der Waals surface area contributed by atoms with E-state index in [1.807, 2.05) is 26.2 Å². The summed E-state index contributed by atoms with van der Waals surface area (Å²) >= 11 is 0. The number of nitrogens with zero attached hydrogens (tertiary/aromatic N) is 2. The summed E-state index contributed by atoms with van der Waals surface area (Å²) in [6.07, 6.45) is 0.720. The molecule has 160 valence electrons. The number of rotatable bonds is 4. The zero-order valence-corrected chi connectivity index (χ0v) is 18.7.